The van der Waals surface area contributed by atoms with Gasteiger partial charge in [0.2, 0.25) is 10.0 Å². The molecule has 0 aliphatic rings. The second-order valence-corrected chi connectivity index (χ2v) is 8.09. The van der Waals surface area contributed by atoms with Crippen molar-refractivity contribution in [3.8, 4) is 5.69 Å². The third-order valence-electron chi connectivity index (χ3n) is 3.92. The van der Waals surface area contributed by atoms with Gasteiger partial charge < -0.3 is 10.2 Å². The molecule has 0 radical (unpaired) electrons. The Balaban J connectivity index is 1.57. The molecule has 2 N–H and O–H groups in total. The molecule has 0 saturated carbocycles. The number of aromatic nitrogens is 4. The van der Waals surface area contributed by atoms with Crippen LogP contribution in [0.15, 0.2) is 53.7 Å². The molecule has 3 aromatic rings. The number of aryl methyl sites for hydroxylation is 1. The largest absolute Gasteiger partial charge is 0.369 e. The Labute approximate surface area is 164 Å². The number of anilines is 2. The summed E-state index contributed by atoms with van der Waals surface area (Å²) in [5.41, 5.74) is 0.793. The van der Waals surface area contributed by atoms with Gasteiger partial charge in [0.15, 0.2) is 0 Å². The average molecular weight is 401 g/mol. The van der Waals surface area contributed by atoms with Crippen LogP contribution in [0.25, 0.3) is 5.69 Å². The van der Waals surface area contributed by atoms with Crippen LogP contribution in [-0.4, -0.2) is 55.4 Å². The van der Waals surface area contributed by atoms with Crippen LogP contribution in [0.5, 0.6) is 0 Å². The molecule has 10 heteroatoms. The van der Waals surface area contributed by atoms with Crippen LogP contribution in [0, 0.1) is 6.92 Å². The predicted octanol–water partition coefficient (Wildman–Crippen LogP) is 1.43. The highest BCUT2D eigenvalue weighted by atomic mass is 32.2. The Morgan fingerprint density at radius 3 is 2.50 bits per heavy atom. The summed E-state index contributed by atoms with van der Waals surface area (Å²) in [6.07, 6.45) is 3.46. The number of benzene rings is 1. The molecule has 0 aliphatic carbocycles. The summed E-state index contributed by atoms with van der Waals surface area (Å²) in [6.45, 7) is 2.44. The average Bonchev–Trinajstić information content (AvgIpc) is 3.20. The summed E-state index contributed by atoms with van der Waals surface area (Å²) < 4.78 is 29.1. The van der Waals surface area contributed by atoms with Crippen molar-refractivity contribution in [1.29, 1.82) is 0 Å². The number of sulfonamides is 1. The van der Waals surface area contributed by atoms with E-state index in [2.05, 4.69) is 25.1 Å². The van der Waals surface area contributed by atoms with E-state index >= 15 is 0 Å². The molecule has 0 saturated heterocycles. The summed E-state index contributed by atoms with van der Waals surface area (Å²) in [4.78, 5) is 10.7. The van der Waals surface area contributed by atoms with Crippen LogP contribution < -0.4 is 14.9 Å². The van der Waals surface area contributed by atoms with Gasteiger partial charge in [-0.2, -0.15) is 5.10 Å². The quantitative estimate of drug-likeness (QED) is 0.550. The van der Waals surface area contributed by atoms with Gasteiger partial charge >= 0.3 is 0 Å². The number of hydrogen-bond donors (Lipinski definition) is 2. The fraction of sp³-hybridized carbons (Fsp3) is 0.278. The van der Waals surface area contributed by atoms with Crippen molar-refractivity contribution in [2.24, 2.45) is 0 Å². The van der Waals surface area contributed by atoms with Gasteiger partial charge in [0.25, 0.3) is 0 Å². The van der Waals surface area contributed by atoms with Gasteiger partial charge in [0, 0.05) is 45.6 Å². The molecule has 0 bridgehead atoms. The van der Waals surface area contributed by atoms with E-state index in [0.29, 0.717) is 18.2 Å². The van der Waals surface area contributed by atoms with Crippen LogP contribution in [-0.2, 0) is 10.0 Å². The molecule has 3 rings (SSSR count). The third kappa shape index (κ3) is 4.84. The Morgan fingerprint density at radius 2 is 1.86 bits per heavy atom. The maximum atomic E-state index is 12.4. The molecule has 1 aromatic carbocycles. The van der Waals surface area contributed by atoms with Gasteiger partial charge in [-0.1, -0.05) is 0 Å². The first-order valence-electron chi connectivity index (χ1n) is 8.72. The second-order valence-electron chi connectivity index (χ2n) is 6.32. The molecule has 148 valence electrons. The van der Waals surface area contributed by atoms with Gasteiger partial charge in [-0.25, -0.2) is 27.8 Å². The maximum absolute atomic E-state index is 12.4. The van der Waals surface area contributed by atoms with Gasteiger partial charge in [0.1, 0.15) is 17.5 Å². The highest BCUT2D eigenvalue weighted by molar-refractivity contribution is 7.89. The molecule has 0 spiro atoms. The standard InChI is InChI=1S/C18H23N7O2S/c1-14-22-17(13-18(23-14)24(2)3)19-10-11-21-28(26,27)16-7-5-15(6-8-16)25-12-4-9-20-25/h4-9,12-13,21H,10-11H2,1-3H3,(H,19,22,23). The maximum Gasteiger partial charge on any atom is 0.240 e. The van der Waals surface area contributed by atoms with Crippen molar-refractivity contribution in [2.45, 2.75) is 11.8 Å². The van der Waals surface area contributed by atoms with Gasteiger partial charge in [-0.05, 0) is 37.3 Å². The second kappa shape index (κ2) is 8.36. The summed E-state index contributed by atoms with van der Waals surface area (Å²) in [7, 11) is 0.210. The smallest absolute Gasteiger partial charge is 0.240 e. The molecule has 0 atom stereocenters. The van der Waals surface area contributed by atoms with E-state index in [1.165, 1.54) is 0 Å². The lowest BCUT2D eigenvalue weighted by Gasteiger charge is -2.14. The fourth-order valence-corrected chi connectivity index (χ4v) is 3.56. The monoisotopic (exact) mass is 401 g/mol. The van der Waals surface area contributed by atoms with E-state index in [0.717, 1.165) is 11.5 Å². The molecule has 9 nitrogen and oxygen atoms in total. The third-order valence-corrected chi connectivity index (χ3v) is 5.40. The zero-order chi connectivity index (χ0) is 20.1. The minimum atomic E-state index is -3.59. The van der Waals surface area contributed by atoms with Crippen molar-refractivity contribution in [3.63, 3.8) is 0 Å². The van der Waals surface area contributed by atoms with Crippen molar-refractivity contribution in [3.05, 3.63) is 54.6 Å². The van der Waals surface area contributed by atoms with Crippen molar-refractivity contribution in [1.82, 2.24) is 24.5 Å². The van der Waals surface area contributed by atoms with Gasteiger partial charge in [-0.15, -0.1) is 0 Å². The topological polar surface area (TPSA) is 105 Å². The highest BCUT2D eigenvalue weighted by Crippen LogP contribution is 2.14. The molecule has 0 aliphatic heterocycles. The summed E-state index contributed by atoms with van der Waals surface area (Å²) in [6, 6.07) is 10.2. The van der Waals surface area contributed by atoms with E-state index in [-0.39, 0.29) is 11.4 Å². The van der Waals surface area contributed by atoms with Gasteiger partial charge in [-0.3, -0.25) is 0 Å². The zero-order valence-electron chi connectivity index (χ0n) is 16.0. The number of nitrogens with one attached hydrogen (secondary N) is 2. The summed E-state index contributed by atoms with van der Waals surface area (Å²) in [5, 5.41) is 7.24. The van der Waals surface area contributed by atoms with Gasteiger partial charge in [0.05, 0.1) is 10.6 Å². The molecule has 2 aromatic heterocycles. The first-order chi connectivity index (χ1) is 13.3. The zero-order valence-corrected chi connectivity index (χ0v) is 16.8. The Bertz CT molecular complexity index is 1020. The predicted molar refractivity (Wildman–Crippen MR) is 108 cm³/mol. The van der Waals surface area contributed by atoms with Crippen molar-refractivity contribution >= 4 is 21.7 Å². The molecular formula is C18H23N7O2S. The summed E-state index contributed by atoms with van der Waals surface area (Å²) >= 11 is 0. The van der Waals surface area contributed by atoms with Crippen LogP contribution in [0.3, 0.4) is 0 Å². The first kappa shape index (κ1) is 19.8. The lowest BCUT2D eigenvalue weighted by atomic mass is 10.3. The lowest BCUT2D eigenvalue weighted by molar-refractivity contribution is 0.583. The Kier molecular flexibility index (Phi) is 5.90. The van der Waals surface area contributed by atoms with Crippen molar-refractivity contribution < 1.29 is 8.42 Å². The minimum Gasteiger partial charge on any atom is -0.369 e. The van der Waals surface area contributed by atoms with Crippen LogP contribution >= 0.6 is 0 Å². The molecule has 0 amide bonds. The van der Waals surface area contributed by atoms with Crippen LogP contribution in [0.2, 0.25) is 0 Å². The molecule has 2 heterocycles. The SMILES string of the molecule is Cc1nc(NCCNS(=O)(=O)c2ccc(-n3cccn3)cc2)cc(N(C)C)n1. The first-order valence-corrected chi connectivity index (χ1v) is 10.2. The summed E-state index contributed by atoms with van der Waals surface area (Å²) in [5.74, 6) is 2.08. The minimum absolute atomic E-state index is 0.205. The molecule has 0 fully saturated rings. The van der Waals surface area contributed by atoms with E-state index in [1.807, 2.05) is 32.0 Å². The van der Waals surface area contributed by atoms with Crippen LogP contribution in [0.4, 0.5) is 11.6 Å². The van der Waals surface area contributed by atoms with E-state index in [9.17, 15) is 8.42 Å². The molecule has 0 unspecified atom stereocenters. The molecule has 28 heavy (non-hydrogen) atoms. The number of hydrogen-bond acceptors (Lipinski definition) is 7. The van der Waals surface area contributed by atoms with E-state index in [1.54, 1.807) is 47.4 Å². The Morgan fingerprint density at radius 1 is 1.11 bits per heavy atom. The van der Waals surface area contributed by atoms with Crippen molar-refractivity contribution in [2.75, 3.05) is 37.4 Å². The Hall–Kier alpha value is -2.98. The van der Waals surface area contributed by atoms with E-state index < -0.39 is 10.0 Å². The molecular weight excluding hydrogens is 378 g/mol. The van der Waals surface area contributed by atoms with Crippen LogP contribution in [0.1, 0.15) is 5.82 Å². The highest BCUT2D eigenvalue weighted by Gasteiger charge is 2.13. The lowest BCUT2D eigenvalue weighted by Crippen LogP contribution is -2.29. The normalized spacial score (nSPS) is 11.4. The number of nitrogens with zero attached hydrogens (tertiary/aromatic N) is 5. The number of rotatable bonds is 8. The van der Waals surface area contributed by atoms with E-state index in [4.69, 9.17) is 0 Å². The fourth-order valence-electron chi connectivity index (χ4n) is 2.53.